The predicted octanol–water partition coefficient (Wildman–Crippen LogP) is 3.63. The van der Waals surface area contributed by atoms with Crippen LogP contribution in [0.4, 0.5) is 11.6 Å². The van der Waals surface area contributed by atoms with Crippen molar-refractivity contribution in [2.24, 2.45) is 5.92 Å². The molecule has 0 spiro atoms. The van der Waals surface area contributed by atoms with Crippen LogP contribution in [-0.4, -0.2) is 23.1 Å². The van der Waals surface area contributed by atoms with E-state index < -0.39 is 0 Å². The molecule has 1 aromatic heterocycles. The Balaban J connectivity index is 2.87. The van der Waals surface area contributed by atoms with E-state index in [4.69, 9.17) is 0 Å². The van der Waals surface area contributed by atoms with E-state index in [0.29, 0.717) is 6.04 Å². The lowest BCUT2D eigenvalue weighted by Gasteiger charge is -2.20. The molecule has 1 rings (SSSR count). The fourth-order valence-corrected chi connectivity index (χ4v) is 2.17. The van der Waals surface area contributed by atoms with E-state index in [9.17, 15) is 0 Å². The number of aromatic nitrogens is 2. The van der Waals surface area contributed by atoms with Gasteiger partial charge in [-0.2, -0.15) is 0 Å². The molecule has 4 nitrogen and oxygen atoms in total. The topological polar surface area (TPSA) is 49.8 Å². The lowest BCUT2D eigenvalue weighted by Crippen LogP contribution is -2.20. The third-order valence-electron chi connectivity index (χ3n) is 3.58. The van der Waals surface area contributed by atoms with Gasteiger partial charge in [0.1, 0.15) is 17.5 Å². The van der Waals surface area contributed by atoms with Crippen molar-refractivity contribution in [2.45, 2.75) is 59.9 Å². The maximum absolute atomic E-state index is 4.61. The molecule has 1 heterocycles. The first-order chi connectivity index (χ1) is 9.01. The number of nitrogens with one attached hydrogen (secondary N) is 2. The molecule has 1 aromatic rings. The monoisotopic (exact) mass is 264 g/mol. The summed E-state index contributed by atoms with van der Waals surface area (Å²) >= 11 is 0. The number of rotatable bonds is 7. The highest BCUT2D eigenvalue weighted by Crippen LogP contribution is 2.22. The van der Waals surface area contributed by atoms with Gasteiger partial charge in [0.25, 0.3) is 0 Å². The van der Waals surface area contributed by atoms with Crippen LogP contribution in [-0.2, 0) is 6.42 Å². The molecule has 0 amide bonds. The Morgan fingerprint density at radius 1 is 1.11 bits per heavy atom. The Bertz CT molecular complexity index is 403. The molecule has 0 saturated carbocycles. The average molecular weight is 264 g/mol. The molecular formula is C15H28N4. The Labute approximate surface area is 117 Å². The SMILES string of the molecule is CCc1nc(NC)c(C)c(NC(C)CC(C)CC)n1. The van der Waals surface area contributed by atoms with E-state index >= 15 is 0 Å². The molecule has 108 valence electrons. The summed E-state index contributed by atoms with van der Waals surface area (Å²) < 4.78 is 0. The van der Waals surface area contributed by atoms with Crippen molar-refractivity contribution in [3.05, 3.63) is 11.4 Å². The third kappa shape index (κ3) is 4.37. The Hall–Kier alpha value is -1.32. The number of hydrogen-bond donors (Lipinski definition) is 2. The van der Waals surface area contributed by atoms with Crippen LogP contribution in [0.1, 0.15) is 51.9 Å². The highest BCUT2D eigenvalue weighted by Gasteiger charge is 2.13. The van der Waals surface area contributed by atoms with Gasteiger partial charge >= 0.3 is 0 Å². The average Bonchev–Trinajstić information content (AvgIpc) is 2.40. The van der Waals surface area contributed by atoms with E-state index in [-0.39, 0.29) is 0 Å². The first kappa shape index (κ1) is 15.7. The number of hydrogen-bond acceptors (Lipinski definition) is 4. The molecule has 0 saturated heterocycles. The van der Waals surface area contributed by atoms with Gasteiger partial charge in [-0.15, -0.1) is 0 Å². The van der Waals surface area contributed by atoms with Crippen molar-refractivity contribution in [1.29, 1.82) is 0 Å². The van der Waals surface area contributed by atoms with Crippen LogP contribution >= 0.6 is 0 Å². The molecule has 0 aromatic carbocycles. The van der Waals surface area contributed by atoms with Crippen molar-refractivity contribution in [3.8, 4) is 0 Å². The van der Waals surface area contributed by atoms with Crippen LogP contribution in [0.25, 0.3) is 0 Å². The number of nitrogens with zero attached hydrogens (tertiary/aromatic N) is 2. The van der Waals surface area contributed by atoms with Crippen LogP contribution in [0.3, 0.4) is 0 Å². The smallest absolute Gasteiger partial charge is 0.134 e. The zero-order valence-corrected chi connectivity index (χ0v) is 13.2. The summed E-state index contributed by atoms with van der Waals surface area (Å²) in [6.45, 7) is 10.9. The molecule has 2 unspecified atom stereocenters. The summed E-state index contributed by atoms with van der Waals surface area (Å²) in [6.07, 6.45) is 3.23. The van der Waals surface area contributed by atoms with E-state index in [1.807, 2.05) is 7.05 Å². The minimum Gasteiger partial charge on any atom is -0.373 e. The molecule has 0 fully saturated rings. The van der Waals surface area contributed by atoms with Gasteiger partial charge in [-0.3, -0.25) is 0 Å². The first-order valence-corrected chi connectivity index (χ1v) is 7.33. The lowest BCUT2D eigenvalue weighted by atomic mass is 10.0. The Kier molecular flexibility index (Phi) is 6.06. The Morgan fingerprint density at radius 2 is 1.74 bits per heavy atom. The molecule has 0 radical (unpaired) electrons. The third-order valence-corrected chi connectivity index (χ3v) is 3.58. The maximum atomic E-state index is 4.61. The fraction of sp³-hybridized carbons (Fsp3) is 0.733. The maximum Gasteiger partial charge on any atom is 0.134 e. The molecule has 2 N–H and O–H groups in total. The number of anilines is 2. The molecule has 0 bridgehead atoms. The molecule has 4 heteroatoms. The van der Waals surface area contributed by atoms with Crippen LogP contribution in [0.15, 0.2) is 0 Å². The van der Waals surface area contributed by atoms with Crippen LogP contribution in [0, 0.1) is 12.8 Å². The second-order valence-corrected chi connectivity index (χ2v) is 5.36. The quantitative estimate of drug-likeness (QED) is 0.789. The normalized spacial score (nSPS) is 14.0. The molecular weight excluding hydrogens is 236 g/mol. The van der Waals surface area contributed by atoms with E-state index in [2.05, 4.69) is 55.2 Å². The highest BCUT2D eigenvalue weighted by atomic mass is 15.1. The summed E-state index contributed by atoms with van der Waals surface area (Å²) in [5.41, 5.74) is 1.09. The van der Waals surface area contributed by atoms with Gasteiger partial charge in [0.05, 0.1) is 0 Å². The van der Waals surface area contributed by atoms with Crippen molar-refractivity contribution in [1.82, 2.24) is 9.97 Å². The van der Waals surface area contributed by atoms with Gasteiger partial charge in [-0.25, -0.2) is 9.97 Å². The second kappa shape index (κ2) is 7.31. The number of aryl methyl sites for hydroxylation is 1. The van der Waals surface area contributed by atoms with E-state index in [1.54, 1.807) is 0 Å². The zero-order valence-electron chi connectivity index (χ0n) is 13.2. The van der Waals surface area contributed by atoms with Gasteiger partial charge in [0, 0.05) is 25.1 Å². The lowest BCUT2D eigenvalue weighted by molar-refractivity contribution is 0.483. The molecule has 0 aliphatic carbocycles. The van der Waals surface area contributed by atoms with Crippen LogP contribution in [0.2, 0.25) is 0 Å². The molecule has 19 heavy (non-hydrogen) atoms. The zero-order chi connectivity index (χ0) is 14.4. The van der Waals surface area contributed by atoms with Crippen molar-refractivity contribution < 1.29 is 0 Å². The predicted molar refractivity (Wildman–Crippen MR) is 82.9 cm³/mol. The van der Waals surface area contributed by atoms with Gasteiger partial charge < -0.3 is 10.6 Å². The van der Waals surface area contributed by atoms with Crippen LogP contribution in [0.5, 0.6) is 0 Å². The van der Waals surface area contributed by atoms with E-state index in [0.717, 1.165) is 41.8 Å². The minimum atomic E-state index is 0.429. The van der Waals surface area contributed by atoms with E-state index in [1.165, 1.54) is 6.42 Å². The van der Waals surface area contributed by atoms with Gasteiger partial charge in [-0.05, 0) is 26.2 Å². The summed E-state index contributed by atoms with van der Waals surface area (Å²) in [7, 11) is 1.90. The molecule has 2 atom stereocenters. The van der Waals surface area contributed by atoms with Gasteiger partial charge in [0.15, 0.2) is 0 Å². The Morgan fingerprint density at radius 3 is 2.26 bits per heavy atom. The van der Waals surface area contributed by atoms with Gasteiger partial charge in [-0.1, -0.05) is 27.2 Å². The second-order valence-electron chi connectivity index (χ2n) is 5.36. The summed E-state index contributed by atoms with van der Waals surface area (Å²) in [6, 6.07) is 0.429. The summed E-state index contributed by atoms with van der Waals surface area (Å²) in [5, 5.41) is 6.68. The summed E-state index contributed by atoms with van der Waals surface area (Å²) in [4.78, 5) is 9.10. The van der Waals surface area contributed by atoms with Crippen LogP contribution < -0.4 is 10.6 Å². The first-order valence-electron chi connectivity index (χ1n) is 7.33. The fourth-order valence-electron chi connectivity index (χ4n) is 2.17. The highest BCUT2D eigenvalue weighted by molar-refractivity contribution is 5.57. The van der Waals surface area contributed by atoms with Gasteiger partial charge in [0.2, 0.25) is 0 Å². The summed E-state index contributed by atoms with van der Waals surface area (Å²) in [5.74, 6) is 3.50. The van der Waals surface area contributed by atoms with Crippen molar-refractivity contribution in [3.63, 3.8) is 0 Å². The molecule has 0 aliphatic rings. The minimum absolute atomic E-state index is 0.429. The molecule has 0 aliphatic heterocycles. The standard InChI is InChI=1S/C15H28N4/c1-7-10(3)9-11(4)17-15-12(5)14(16-6)18-13(8-2)19-15/h10-11H,7-9H2,1-6H3,(H2,16,17,18,19). The largest absolute Gasteiger partial charge is 0.373 e. The van der Waals surface area contributed by atoms with Crippen molar-refractivity contribution in [2.75, 3.05) is 17.7 Å². The van der Waals surface area contributed by atoms with Crippen molar-refractivity contribution >= 4 is 11.6 Å².